The lowest BCUT2D eigenvalue weighted by atomic mass is 9.79. The third-order valence-corrected chi connectivity index (χ3v) is 5.50. The Hall–Kier alpha value is -3.79. The number of hydrogen-bond donors (Lipinski definition) is 1. The van der Waals surface area contributed by atoms with E-state index in [1.54, 1.807) is 13.8 Å². The zero-order valence-corrected chi connectivity index (χ0v) is 21.2. The van der Waals surface area contributed by atoms with Crippen molar-refractivity contribution >= 4 is 17.7 Å². The molecule has 0 radical (unpaired) electrons. The van der Waals surface area contributed by atoms with Gasteiger partial charge < -0.3 is 33.5 Å². The minimum absolute atomic E-state index is 0.0336. The van der Waals surface area contributed by atoms with Gasteiger partial charge in [0.2, 0.25) is 0 Å². The molecule has 10 heteroatoms. The van der Waals surface area contributed by atoms with E-state index in [2.05, 4.69) is 0 Å². The molecule has 0 spiro atoms. The number of aliphatic hydroxyl groups excluding tert-OH is 1. The molecule has 2 aromatic rings. The van der Waals surface area contributed by atoms with Gasteiger partial charge >= 0.3 is 11.9 Å². The van der Waals surface area contributed by atoms with E-state index in [0.29, 0.717) is 11.5 Å². The van der Waals surface area contributed by atoms with Crippen molar-refractivity contribution in [2.24, 2.45) is 11.8 Å². The van der Waals surface area contributed by atoms with Gasteiger partial charge in [0.25, 0.3) is 0 Å². The van der Waals surface area contributed by atoms with Crippen molar-refractivity contribution in [1.29, 1.82) is 0 Å². The van der Waals surface area contributed by atoms with Crippen LogP contribution in [0.4, 0.5) is 0 Å². The molecular formula is C26H32O10. The van der Waals surface area contributed by atoms with Gasteiger partial charge in [0, 0.05) is 5.56 Å². The van der Waals surface area contributed by atoms with Crippen LogP contribution in [-0.4, -0.2) is 64.5 Å². The maximum absolute atomic E-state index is 13.7. The average Bonchev–Trinajstić information content (AvgIpc) is 2.90. The van der Waals surface area contributed by atoms with Gasteiger partial charge in [-0.25, -0.2) is 0 Å². The molecule has 0 saturated carbocycles. The molecule has 10 nitrogen and oxygen atoms in total. The summed E-state index contributed by atoms with van der Waals surface area (Å²) in [5.74, 6) is -4.71. The fraction of sp³-hybridized carbons (Fsp3) is 0.423. The summed E-state index contributed by atoms with van der Waals surface area (Å²) in [6.45, 7) is 3.07. The summed E-state index contributed by atoms with van der Waals surface area (Å²) in [7, 11) is 5.71. The molecule has 0 bridgehead atoms. The first-order valence-electron chi connectivity index (χ1n) is 11.3. The molecule has 0 aliphatic rings. The quantitative estimate of drug-likeness (QED) is 0.247. The zero-order chi connectivity index (χ0) is 26.8. The van der Waals surface area contributed by atoms with Crippen LogP contribution >= 0.6 is 0 Å². The Labute approximate surface area is 210 Å². The molecule has 0 aliphatic carbocycles. The summed E-state index contributed by atoms with van der Waals surface area (Å²) >= 11 is 0. The van der Waals surface area contributed by atoms with E-state index in [9.17, 15) is 19.5 Å². The molecule has 3 atom stereocenters. The van der Waals surface area contributed by atoms with Crippen LogP contribution in [0.2, 0.25) is 0 Å². The number of hydrogen-bond acceptors (Lipinski definition) is 10. The molecule has 196 valence electrons. The predicted octanol–water partition coefficient (Wildman–Crippen LogP) is 3.00. The summed E-state index contributed by atoms with van der Waals surface area (Å²) in [5.41, 5.74) is 0.264. The van der Waals surface area contributed by atoms with Crippen molar-refractivity contribution in [2.45, 2.75) is 20.0 Å². The molecule has 0 aliphatic heterocycles. The molecular weight excluding hydrogens is 472 g/mol. The molecule has 0 aromatic heterocycles. The van der Waals surface area contributed by atoms with Crippen LogP contribution in [0.3, 0.4) is 0 Å². The van der Waals surface area contributed by atoms with Gasteiger partial charge in [0.1, 0.15) is 11.8 Å². The Morgan fingerprint density at radius 1 is 0.722 bits per heavy atom. The standard InChI is InChI=1S/C26H32O10/c1-7-35-25(29)21(23(27)15-9-11-17(31-3)19(13-15)33-5)22(26(30)36-8-2)24(28)16-10-12-18(32-4)20(14-16)34-6/h9-14,21-23,27H,7-8H2,1-6H3/t21-,22-,23?/m1/s1. The number of Topliss-reactive ketones (excluding diaryl/α,β-unsaturated/α-hetero) is 1. The van der Waals surface area contributed by atoms with Crippen molar-refractivity contribution in [2.75, 3.05) is 41.7 Å². The second-order valence-corrected chi connectivity index (χ2v) is 7.50. The Morgan fingerprint density at radius 3 is 1.75 bits per heavy atom. The number of carbonyl (C=O) groups excluding carboxylic acids is 3. The second-order valence-electron chi connectivity index (χ2n) is 7.50. The molecule has 1 unspecified atom stereocenters. The highest BCUT2D eigenvalue weighted by Crippen LogP contribution is 2.37. The van der Waals surface area contributed by atoms with E-state index >= 15 is 0 Å². The van der Waals surface area contributed by atoms with Gasteiger partial charge in [0.05, 0.1) is 47.8 Å². The number of aliphatic hydroxyl groups is 1. The van der Waals surface area contributed by atoms with Crippen molar-refractivity contribution < 1.29 is 47.9 Å². The molecule has 2 aromatic carbocycles. The van der Waals surface area contributed by atoms with E-state index < -0.39 is 35.7 Å². The number of esters is 2. The number of methoxy groups -OCH3 is 4. The Bertz CT molecular complexity index is 1060. The molecule has 36 heavy (non-hydrogen) atoms. The first-order chi connectivity index (χ1) is 17.3. The Balaban J connectivity index is 2.65. The third kappa shape index (κ3) is 6.25. The third-order valence-electron chi connectivity index (χ3n) is 5.50. The van der Waals surface area contributed by atoms with Crippen LogP contribution in [0, 0.1) is 11.8 Å². The summed E-state index contributed by atoms with van der Waals surface area (Å²) in [6.07, 6.45) is -1.62. The highest BCUT2D eigenvalue weighted by Gasteiger charge is 2.46. The lowest BCUT2D eigenvalue weighted by molar-refractivity contribution is -0.163. The SMILES string of the molecule is CCOC(=O)[C@@H](C(=O)c1ccc(OC)c(OC)c1)[C@@H](C(=O)OCC)C(O)c1ccc(OC)c(OC)c1. The largest absolute Gasteiger partial charge is 0.493 e. The normalized spacial score (nSPS) is 13.1. The molecule has 0 amide bonds. The van der Waals surface area contributed by atoms with Crippen molar-refractivity contribution in [3.05, 3.63) is 47.5 Å². The minimum atomic E-state index is -1.72. The summed E-state index contributed by atoms with van der Waals surface area (Å²) in [6, 6.07) is 8.81. The molecule has 2 rings (SSSR count). The number of benzene rings is 2. The number of carbonyl (C=O) groups is 3. The number of ether oxygens (including phenoxy) is 6. The first kappa shape index (κ1) is 28.4. The van der Waals surface area contributed by atoms with Crippen molar-refractivity contribution in [1.82, 2.24) is 0 Å². The van der Waals surface area contributed by atoms with Gasteiger partial charge in [-0.15, -0.1) is 0 Å². The Kier molecular flexibility index (Phi) is 10.5. The van der Waals surface area contributed by atoms with Crippen LogP contribution < -0.4 is 18.9 Å². The van der Waals surface area contributed by atoms with Crippen molar-refractivity contribution in [3.63, 3.8) is 0 Å². The molecule has 1 N–H and O–H groups in total. The predicted molar refractivity (Wildman–Crippen MR) is 129 cm³/mol. The molecule has 0 fully saturated rings. The number of ketones is 1. The topological polar surface area (TPSA) is 127 Å². The van der Waals surface area contributed by atoms with Crippen LogP contribution in [0.5, 0.6) is 23.0 Å². The molecule has 0 saturated heterocycles. The van der Waals surface area contributed by atoms with E-state index in [-0.39, 0.29) is 35.8 Å². The van der Waals surface area contributed by atoms with E-state index in [0.717, 1.165) is 0 Å². The van der Waals surface area contributed by atoms with Crippen LogP contribution in [0.1, 0.15) is 35.9 Å². The highest BCUT2D eigenvalue weighted by molar-refractivity contribution is 6.11. The maximum Gasteiger partial charge on any atom is 0.317 e. The molecule has 0 heterocycles. The summed E-state index contributed by atoms with van der Waals surface area (Å²) < 4.78 is 31.3. The van der Waals surface area contributed by atoms with Crippen molar-refractivity contribution in [3.8, 4) is 23.0 Å². The fourth-order valence-corrected chi connectivity index (χ4v) is 3.75. The smallest absolute Gasteiger partial charge is 0.317 e. The lowest BCUT2D eigenvalue weighted by Gasteiger charge is -2.28. The lowest BCUT2D eigenvalue weighted by Crippen LogP contribution is -2.41. The Morgan fingerprint density at radius 2 is 1.22 bits per heavy atom. The van der Waals surface area contributed by atoms with Gasteiger partial charge in [-0.05, 0) is 49.7 Å². The zero-order valence-electron chi connectivity index (χ0n) is 21.2. The van der Waals surface area contributed by atoms with Gasteiger partial charge in [-0.1, -0.05) is 6.07 Å². The van der Waals surface area contributed by atoms with Gasteiger partial charge in [-0.2, -0.15) is 0 Å². The first-order valence-corrected chi connectivity index (χ1v) is 11.3. The van der Waals surface area contributed by atoms with E-state index in [4.69, 9.17) is 28.4 Å². The van der Waals surface area contributed by atoms with Gasteiger partial charge in [-0.3, -0.25) is 14.4 Å². The number of rotatable bonds is 13. The monoisotopic (exact) mass is 504 g/mol. The van der Waals surface area contributed by atoms with E-state index in [1.165, 1.54) is 64.8 Å². The van der Waals surface area contributed by atoms with Crippen LogP contribution in [-0.2, 0) is 19.1 Å². The van der Waals surface area contributed by atoms with Crippen LogP contribution in [0.15, 0.2) is 36.4 Å². The van der Waals surface area contributed by atoms with Gasteiger partial charge in [0.15, 0.2) is 28.8 Å². The average molecular weight is 505 g/mol. The van der Waals surface area contributed by atoms with E-state index in [1.807, 2.05) is 0 Å². The summed E-state index contributed by atoms with van der Waals surface area (Å²) in [4.78, 5) is 39.9. The summed E-state index contributed by atoms with van der Waals surface area (Å²) in [5, 5.41) is 11.3. The highest BCUT2D eigenvalue weighted by atomic mass is 16.5. The van der Waals surface area contributed by atoms with Crippen LogP contribution in [0.25, 0.3) is 0 Å². The second kappa shape index (κ2) is 13.3. The minimum Gasteiger partial charge on any atom is -0.493 e. The maximum atomic E-state index is 13.7. The fourth-order valence-electron chi connectivity index (χ4n) is 3.75.